The molecule has 0 radical (unpaired) electrons. The average molecular weight is 242 g/mol. The Hall–Kier alpha value is -0.870. The number of amides is 1. The fraction of sp³-hybridized carbons (Fsp3) is 0.222. The van der Waals surface area contributed by atoms with E-state index in [1.54, 1.807) is 0 Å². The van der Waals surface area contributed by atoms with Crippen molar-refractivity contribution in [2.45, 2.75) is 6.61 Å². The highest BCUT2D eigenvalue weighted by Gasteiger charge is 2.12. The van der Waals surface area contributed by atoms with E-state index in [2.05, 4.69) is 21.2 Å². The normalized spacial score (nSPS) is 15.9. The van der Waals surface area contributed by atoms with Crippen LogP contribution < -0.4 is 5.32 Å². The van der Waals surface area contributed by atoms with Gasteiger partial charge in [0.25, 0.3) is 0 Å². The van der Waals surface area contributed by atoms with Crippen molar-refractivity contribution in [3.8, 4) is 0 Å². The lowest BCUT2D eigenvalue weighted by Crippen LogP contribution is -2.14. The monoisotopic (exact) mass is 241 g/mol. The van der Waals surface area contributed by atoms with Gasteiger partial charge in [-0.25, -0.2) is 0 Å². The van der Waals surface area contributed by atoms with Gasteiger partial charge in [0, 0.05) is 15.7 Å². The Morgan fingerprint density at radius 1 is 1.38 bits per heavy atom. The van der Waals surface area contributed by atoms with Crippen LogP contribution in [0.15, 0.2) is 22.7 Å². The van der Waals surface area contributed by atoms with E-state index in [9.17, 15) is 4.79 Å². The van der Waals surface area contributed by atoms with Crippen LogP contribution in [0.4, 0.5) is 5.69 Å². The molecular formula is C9H8BrNO2. The molecule has 0 saturated heterocycles. The van der Waals surface area contributed by atoms with Crippen LogP contribution in [0.1, 0.15) is 5.56 Å². The quantitative estimate of drug-likeness (QED) is 0.754. The molecule has 1 heterocycles. The summed E-state index contributed by atoms with van der Waals surface area (Å²) in [5.74, 6) is -0.100. The van der Waals surface area contributed by atoms with Gasteiger partial charge in [0.2, 0.25) is 5.91 Å². The van der Waals surface area contributed by atoms with Crippen LogP contribution in [-0.2, 0) is 16.1 Å². The lowest BCUT2D eigenvalue weighted by Gasteiger charge is -2.04. The molecule has 0 bridgehead atoms. The maximum absolute atomic E-state index is 11.1. The molecule has 1 aromatic rings. The van der Waals surface area contributed by atoms with Gasteiger partial charge in [-0.1, -0.05) is 22.0 Å². The summed E-state index contributed by atoms with van der Waals surface area (Å²) in [6.07, 6.45) is 0. The second-order valence-electron chi connectivity index (χ2n) is 2.84. The number of nitrogens with one attached hydrogen (secondary N) is 1. The average Bonchev–Trinajstić information content (AvgIpc) is 2.25. The van der Waals surface area contributed by atoms with Crippen molar-refractivity contribution in [2.75, 3.05) is 11.9 Å². The van der Waals surface area contributed by atoms with E-state index in [1.807, 2.05) is 18.2 Å². The Morgan fingerprint density at radius 3 is 3.08 bits per heavy atom. The second kappa shape index (κ2) is 3.47. The summed E-state index contributed by atoms with van der Waals surface area (Å²) in [5.41, 5.74) is 1.84. The number of ether oxygens (including phenoxy) is 1. The van der Waals surface area contributed by atoms with E-state index in [1.165, 1.54) is 0 Å². The first kappa shape index (κ1) is 8.72. The fourth-order valence-corrected chi connectivity index (χ4v) is 1.59. The van der Waals surface area contributed by atoms with Crippen molar-refractivity contribution in [1.29, 1.82) is 0 Å². The molecule has 0 unspecified atom stereocenters. The Bertz CT molecular complexity index is 351. The van der Waals surface area contributed by atoms with Crippen molar-refractivity contribution in [3.05, 3.63) is 28.2 Å². The second-order valence-corrected chi connectivity index (χ2v) is 3.76. The number of carbonyl (C=O) groups excluding carboxylic acids is 1. The van der Waals surface area contributed by atoms with Gasteiger partial charge in [0.15, 0.2) is 0 Å². The fourth-order valence-electron chi connectivity index (χ4n) is 1.23. The Balaban J connectivity index is 2.40. The number of hydrogen-bond acceptors (Lipinski definition) is 2. The molecule has 1 amide bonds. The molecule has 1 aliphatic heterocycles. The number of halogens is 1. The lowest BCUT2D eigenvalue weighted by molar-refractivity contribution is -0.120. The van der Waals surface area contributed by atoms with Crippen molar-refractivity contribution >= 4 is 27.5 Å². The summed E-state index contributed by atoms with van der Waals surface area (Å²) in [6, 6.07) is 5.74. The molecular weight excluding hydrogens is 234 g/mol. The van der Waals surface area contributed by atoms with Gasteiger partial charge in [-0.15, -0.1) is 0 Å². The predicted molar refractivity (Wildman–Crippen MR) is 52.4 cm³/mol. The molecule has 0 aliphatic carbocycles. The van der Waals surface area contributed by atoms with Gasteiger partial charge in [-0.05, 0) is 12.1 Å². The van der Waals surface area contributed by atoms with Crippen LogP contribution in [0.5, 0.6) is 0 Å². The lowest BCUT2D eigenvalue weighted by atomic mass is 10.2. The van der Waals surface area contributed by atoms with E-state index >= 15 is 0 Å². The molecule has 0 atom stereocenters. The summed E-state index contributed by atoms with van der Waals surface area (Å²) in [5, 5.41) is 2.77. The molecule has 68 valence electrons. The van der Waals surface area contributed by atoms with Crippen LogP contribution in [0.25, 0.3) is 0 Å². The van der Waals surface area contributed by atoms with Crippen LogP contribution in [0.2, 0.25) is 0 Å². The number of benzene rings is 1. The molecule has 13 heavy (non-hydrogen) atoms. The minimum Gasteiger partial charge on any atom is -0.367 e. The van der Waals surface area contributed by atoms with E-state index < -0.39 is 0 Å². The highest BCUT2D eigenvalue weighted by molar-refractivity contribution is 9.10. The van der Waals surface area contributed by atoms with E-state index in [4.69, 9.17) is 4.74 Å². The van der Waals surface area contributed by atoms with Gasteiger partial charge in [0.05, 0.1) is 6.61 Å². The molecule has 3 nitrogen and oxygen atoms in total. The molecule has 1 aromatic carbocycles. The van der Waals surface area contributed by atoms with Crippen LogP contribution in [0.3, 0.4) is 0 Å². The molecule has 0 aromatic heterocycles. The number of rotatable bonds is 0. The first-order chi connectivity index (χ1) is 6.25. The summed E-state index contributed by atoms with van der Waals surface area (Å²) in [6.45, 7) is 0.619. The minimum absolute atomic E-state index is 0.100. The highest BCUT2D eigenvalue weighted by Crippen LogP contribution is 2.23. The van der Waals surface area contributed by atoms with E-state index in [0.29, 0.717) is 6.61 Å². The topological polar surface area (TPSA) is 38.3 Å². The molecule has 2 rings (SSSR count). The zero-order valence-corrected chi connectivity index (χ0v) is 8.43. The van der Waals surface area contributed by atoms with Gasteiger partial charge >= 0.3 is 0 Å². The van der Waals surface area contributed by atoms with Gasteiger partial charge in [0.1, 0.15) is 6.61 Å². The first-order valence-corrected chi connectivity index (χ1v) is 4.71. The SMILES string of the molecule is O=C1COCc2ccc(Br)cc2N1. The predicted octanol–water partition coefficient (Wildman–Crippen LogP) is 1.92. The third-order valence-corrected chi connectivity index (χ3v) is 2.33. The largest absolute Gasteiger partial charge is 0.367 e. The van der Waals surface area contributed by atoms with Crippen molar-refractivity contribution in [1.82, 2.24) is 0 Å². The molecule has 4 heteroatoms. The zero-order chi connectivity index (χ0) is 9.26. The zero-order valence-electron chi connectivity index (χ0n) is 6.84. The summed E-state index contributed by atoms with van der Waals surface area (Å²) >= 11 is 3.34. The van der Waals surface area contributed by atoms with Crippen LogP contribution in [-0.4, -0.2) is 12.5 Å². The molecule has 0 fully saturated rings. The standard InChI is InChI=1S/C9H8BrNO2/c10-7-2-1-6-4-13-5-9(12)11-8(6)3-7/h1-3H,4-5H2,(H,11,12). The van der Waals surface area contributed by atoms with Gasteiger partial charge in [-0.3, -0.25) is 4.79 Å². The number of anilines is 1. The Labute approximate surface area is 84.2 Å². The maximum atomic E-state index is 11.1. The van der Waals surface area contributed by atoms with Gasteiger partial charge < -0.3 is 10.1 Å². The smallest absolute Gasteiger partial charge is 0.250 e. The van der Waals surface area contributed by atoms with Crippen molar-refractivity contribution in [3.63, 3.8) is 0 Å². The van der Waals surface area contributed by atoms with Crippen LogP contribution >= 0.6 is 15.9 Å². The highest BCUT2D eigenvalue weighted by atomic mass is 79.9. The number of fused-ring (bicyclic) bond motifs is 1. The van der Waals surface area contributed by atoms with Gasteiger partial charge in [-0.2, -0.15) is 0 Å². The molecule has 1 N–H and O–H groups in total. The third kappa shape index (κ3) is 1.89. The minimum atomic E-state index is -0.100. The van der Waals surface area contributed by atoms with Crippen molar-refractivity contribution in [2.24, 2.45) is 0 Å². The van der Waals surface area contributed by atoms with E-state index in [0.717, 1.165) is 15.7 Å². The Morgan fingerprint density at radius 2 is 2.23 bits per heavy atom. The van der Waals surface area contributed by atoms with E-state index in [-0.39, 0.29) is 12.5 Å². The molecule has 0 spiro atoms. The molecule has 1 aliphatic rings. The summed E-state index contributed by atoms with van der Waals surface area (Å²) < 4.78 is 6.10. The number of carbonyl (C=O) groups is 1. The van der Waals surface area contributed by atoms with Crippen LogP contribution in [0, 0.1) is 0 Å². The van der Waals surface area contributed by atoms with Crippen molar-refractivity contribution < 1.29 is 9.53 Å². The summed E-state index contributed by atoms with van der Waals surface area (Å²) in [7, 11) is 0. The number of hydrogen-bond donors (Lipinski definition) is 1. The first-order valence-electron chi connectivity index (χ1n) is 3.92. The third-order valence-electron chi connectivity index (χ3n) is 1.84. The Kier molecular flexibility index (Phi) is 2.33. The summed E-state index contributed by atoms with van der Waals surface area (Å²) in [4.78, 5) is 11.1. The molecule has 0 saturated carbocycles. The maximum Gasteiger partial charge on any atom is 0.250 e.